The minimum Gasteiger partial charge on any atom is -0.361 e. The SMILES string of the molecule is Cc1ccc2sc(NC(C)c3c(C)noc3C)nc2c1. The van der Waals surface area contributed by atoms with Gasteiger partial charge >= 0.3 is 0 Å². The molecule has 0 aliphatic heterocycles. The first-order valence-electron chi connectivity index (χ1n) is 6.61. The molecule has 104 valence electrons. The quantitative estimate of drug-likeness (QED) is 0.776. The number of rotatable bonds is 3. The second-order valence-electron chi connectivity index (χ2n) is 5.09. The maximum atomic E-state index is 5.22. The number of fused-ring (bicyclic) bond motifs is 1. The number of aromatic nitrogens is 2. The number of hydrogen-bond acceptors (Lipinski definition) is 5. The summed E-state index contributed by atoms with van der Waals surface area (Å²) in [5.74, 6) is 0.861. The molecule has 0 saturated carbocycles. The van der Waals surface area contributed by atoms with Gasteiger partial charge in [0.2, 0.25) is 0 Å². The molecular formula is C15H17N3OS. The lowest BCUT2D eigenvalue weighted by atomic mass is 10.1. The van der Waals surface area contributed by atoms with Gasteiger partial charge in [-0.25, -0.2) is 4.98 Å². The van der Waals surface area contributed by atoms with E-state index in [2.05, 4.69) is 47.5 Å². The number of nitrogens with zero attached hydrogens (tertiary/aromatic N) is 2. The number of aryl methyl sites for hydroxylation is 3. The van der Waals surface area contributed by atoms with Crippen molar-refractivity contribution in [3.8, 4) is 0 Å². The first-order valence-corrected chi connectivity index (χ1v) is 7.42. The zero-order valence-electron chi connectivity index (χ0n) is 12.0. The van der Waals surface area contributed by atoms with E-state index in [-0.39, 0.29) is 6.04 Å². The van der Waals surface area contributed by atoms with Gasteiger partial charge in [-0.2, -0.15) is 0 Å². The summed E-state index contributed by atoms with van der Waals surface area (Å²) >= 11 is 1.67. The van der Waals surface area contributed by atoms with Crippen LogP contribution in [0.3, 0.4) is 0 Å². The minimum absolute atomic E-state index is 0.128. The van der Waals surface area contributed by atoms with E-state index in [0.29, 0.717) is 0 Å². The van der Waals surface area contributed by atoms with Crippen LogP contribution in [0.1, 0.15) is 35.5 Å². The van der Waals surface area contributed by atoms with E-state index >= 15 is 0 Å². The van der Waals surface area contributed by atoms with Crippen LogP contribution in [0, 0.1) is 20.8 Å². The summed E-state index contributed by atoms with van der Waals surface area (Å²) in [5.41, 5.74) is 4.32. The summed E-state index contributed by atoms with van der Waals surface area (Å²) < 4.78 is 6.42. The highest BCUT2D eigenvalue weighted by molar-refractivity contribution is 7.22. The first-order chi connectivity index (χ1) is 9.54. The molecule has 0 bridgehead atoms. The van der Waals surface area contributed by atoms with Gasteiger partial charge in [-0.15, -0.1) is 0 Å². The summed E-state index contributed by atoms with van der Waals surface area (Å²) in [4.78, 5) is 4.64. The molecule has 20 heavy (non-hydrogen) atoms. The normalized spacial score (nSPS) is 12.8. The molecule has 1 aromatic carbocycles. The third-order valence-corrected chi connectivity index (χ3v) is 4.37. The van der Waals surface area contributed by atoms with Crippen molar-refractivity contribution in [2.75, 3.05) is 5.32 Å². The smallest absolute Gasteiger partial charge is 0.184 e. The van der Waals surface area contributed by atoms with E-state index in [0.717, 1.165) is 27.7 Å². The van der Waals surface area contributed by atoms with E-state index in [1.54, 1.807) is 11.3 Å². The van der Waals surface area contributed by atoms with Gasteiger partial charge in [0.05, 0.1) is 22.0 Å². The molecule has 2 heterocycles. The number of hydrogen-bond donors (Lipinski definition) is 1. The van der Waals surface area contributed by atoms with Crippen LogP contribution in [0.2, 0.25) is 0 Å². The molecule has 0 spiro atoms. The average Bonchev–Trinajstić information content (AvgIpc) is 2.92. The molecule has 0 aliphatic rings. The van der Waals surface area contributed by atoms with Crippen LogP contribution in [0.4, 0.5) is 5.13 Å². The Balaban J connectivity index is 1.89. The standard InChI is InChI=1S/C15H17N3OS/c1-8-5-6-13-12(7-8)17-15(20-13)16-9(2)14-10(3)18-19-11(14)4/h5-7,9H,1-4H3,(H,16,17). The van der Waals surface area contributed by atoms with E-state index in [9.17, 15) is 0 Å². The monoisotopic (exact) mass is 287 g/mol. The minimum atomic E-state index is 0.128. The molecule has 0 aliphatic carbocycles. The fourth-order valence-electron chi connectivity index (χ4n) is 2.46. The number of benzene rings is 1. The predicted molar refractivity (Wildman–Crippen MR) is 82.4 cm³/mol. The Morgan fingerprint density at radius 1 is 1.25 bits per heavy atom. The van der Waals surface area contributed by atoms with Gasteiger partial charge in [0.15, 0.2) is 5.13 Å². The Kier molecular flexibility index (Phi) is 3.22. The fourth-order valence-corrected chi connectivity index (χ4v) is 3.40. The van der Waals surface area contributed by atoms with E-state index in [4.69, 9.17) is 4.52 Å². The third kappa shape index (κ3) is 2.29. The maximum absolute atomic E-state index is 5.22. The van der Waals surface area contributed by atoms with Crippen LogP contribution in [-0.2, 0) is 0 Å². The molecule has 5 heteroatoms. The molecule has 0 radical (unpaired) electrons. The van der Waals surface area contributed by atoms with Gasteiger partial charge in [0, 0.05) is 5.56 Å². The zero-order valence-corrected chi connectivity index (χ0v) is 12.8. The summed E-state index contributed by atoms with van der Waals surface area (Å²) in [6.07, 6.45) is 0. The largest absolute Gasteiger partial charge is 0.361 e. The van der Waals surface area contributed by atoms with E-state index in [1.807, 2.05) is 13.8 Å². The van der Waals surface area contributed by atoms with Crippen LogP contribution in [0.15, 0.2) is 22.7 Å². The topological polar surface area (TPSA) is 51.0 Å². The Morgan fingerprint density at radius 2 is 2.05 bits per heavy atom. The Labute approximate surface area is 121 Å². The summed E-state index contributed by atoms with van der Waals surface area (Å²) in [7, 11) is 0. The van der Waals surface area contributed by atoms with Crippen molar-refractivity contribution in [1.29, 1.82) is 0 Å². The lowest BCUT2D eigenvalue weighted by Gasteiger charge is -2.12. The number of thiazole rings is 1. The molecule has 1 unspecified atom stereocenters. The Hall–Kier alpha value is -1.88. The number of nitrogens with one attached hydrogen (secondary N) is 1. The summed E-state index contributed by atoms with van der Waals surface area (Å²) in [6.45, 7) is 8.09. The van der Waals surface area contributed by atoms with Gasteiger partial charge in [-0.05, 0) is 45.4 Å². The van der Waals surface area contributed by atoms with Crippen LogP contribution in [0.25, 0.3) is 10.2 Å². The highest BCUT2D eigenvalue weighted by Crippen LogP contribution is 2.30. The lowest BCUT2D eigenvalue weighted by Crippen LogP contribution is -2.08. The average molecular weight is 287 g/mol. The summed E-state index contributed by atoms with van der Waals surface area (Å²) in [5, 5.41) is 8.37. The zero-order chi connectivity index (χ0) is 14.3. The van der Waals surface area contributed by atoms with Crippen molar-refractivity contribution in [3.05, 3.63) is 40.8 Å². The van der Waals surface area contributed by atoms with Gasteiger partial charge in [0.1, 0.15) is 5.76 Å². The highest BCUT2D eigenvalue weighted by Gasteiger charge is 2.17. The molecule has 1 N–H and O–H groups in total. The van der Waals surface area contributed by atoms with Crippen LogP contribution in [-0.4, -0.2) is 10.1 Å². The lowest BCUT2D eigenvalue weighted by molar-refractivity contribution is 0.392. The van der Waals surface area contributed by atoms with E-state index in [1.165, 1.54) is 10.3 Å². The van der Waals surface area contributed by atoms with Crippen molar-refractivity contribution in [2.24, 2.45) is 0 Å². The van der Waals surface area contributed by atoms with Crippen molar-refractivity contribution in [3.63, 3.8) is 0 Å². The van der Waals surface area contributed by atoms with Crippen molar-refractivity contribution in [1.82, 2.24) is 10.1 Å². The fraction of sp³-hybridized carbons (Fsp3) is 0.333. The Bertz CT molecular complexity index is 740. The number of anilines is 1. The Morgan fingerprint density at radius 3 is 2.75 bits per heavy atom. The molecule has 3 rings (SSSR count). The molecule has 0 fully saturated rings. The molecular weight excluding hydrogens is 270 g/mol. The molecule has 2 aromatic heterocycles. The molecule has 1 atom stereocenters. The molecule has 0 saturated heterocycles. The van der Waals surface area contributed by atoms with Gasteiger partial charge in [0.25, 0.3) is 0 Å². The predicted octanol–water partition coefficient (Wildman–Crippen LogP) is 4.38. The first kappa shape index (κ1) is 13.1. The second-order valence-corrected chi connectivity index (χ2v) is 6.12. The molecule has 0 amide bonds. The molecule has 4 nitrogen and oxygen atoms in total. The van der Waals surface area contributed by atoms with Crippen molar-refractivity contribution < 1.29 is 4.52 Å². The van der Waals surface area contributed by atoms with Gasteiger partial charge in [-0.1, -0.05) is 22.6 Å². The van der Waals surface area contributed by atoms with Crippen LogP contribution < -0.4 is 5.32 Å². The van der Waals surface area contributed by atoms with Gasteiger partial charge in [-0.3, -0.25) is 0 Å². The second kappa shape index (κ2) is 4.90. The van der Waals surface area contributed by atoms with Crippen molar-refractivity contribution >= 4 is 26.7 Å². The van der Waals surface area contributed by atoms with Crippen molar-refractivity contribution in [2.45, 2.75) is 33.7 Å². The highest BCUT2D eigenvalue weighted by atomic mass is 32.1. The van der Waals surface area contributed by atoms with Gasteiger partial charge < -0.3 is 9.84 Å². The van der Waals surface area contributed by atoms with Crippen LogP contribution >= 0.6 is 11.3 Å². The molecule has 3 aromatic rings. The maximum Gasteiger partial charge on any atom is 0.184 e. The van der Waals surface area contributed by atoms with E-state index < -0.39 is 0 Å². The third-order valence-electron chi connectivity index (χ3n) is 3.40. The summed E-state index contributed by atoms with van der Waals surface area (Å²) in [6, 6.07) is 6.47. The van der Waals surface area contributed by atoms with Crippen LogP contribution in [0.5, 0.6) is 0 Å².